The van der Waals surface area contributed by atoms with Crippen LogP contribution in [-0.2, 0) is 9.59 Å². The Morgan fingerprint density at radius 3 is 1.30 bits per heavy atom. The normalized spacial score (nSPS) is 10.7. The van der Waals surface area contributed by atoms with E-state index in [1.807, 2.05) is 0 Å². The second-order valence-corrected chi connectivity index (χ2v) is 9.40. The van der Waals surface area contributed by atoms with Crippen LogP contribution in [-0.4, -0.2) is 50.4 Å². The van der Waals surface area contributed by atoms with Crippen LogP contribution in [0.3, 0.4) is 0 Å². The number of esters is 2. The first-order chi connectivity index (χ1) is 22.4. The highest BCUT2D eigenvalue weighted by molar-refractivity contribution is 5.94. The molecule has 0 saturated heterocycles. The summed E-state index contributed by atoms with van der Waals surface area (Å²) in [6, 6.07) is 26.3. The van der Waals surface area contributed by atoms with Gasteiger partial charge < -0.3 is 18.9 Å². The zero-order valence-corrected chi connectivity index (χ0v) is 25.0. The van der Waals surface area contributed by atoms with E-state index in [1.54, 1.807) is 97.1 Å². The average Bonchev–Trinajstić information content (AvgIpc) is 3.09. The number of amides is 2. The van der Waals surface area contributed by atoms with Gasteiger partial charge in [-0.05, 0) is 72.8 Å². The number of hydrogen-bond acceptors (Lipinski definition) is 10. The van der Waals surface area contributed by atoms with Gasteiger partial charge in [-0.15, -0.1) is 0 Å². The highest BCUT2D eigenvalue weighted by atomic mass is 16.5. The Labute approximate surface area is 264 Å². The van der Waals surface area contributed by atoms with E-state index in [2.05, 4.69) is 21.1 Å². The molecule has 0 unspecified atom stereocenters. The van der Waals surface area contributed by atoms with Crippen molar-refractivity contribution in [1.29, 1.82) is 0 Å². The second-order valence-electron chi connectivity index (χ2n) is 9.40. The summed E-state index contributed by atoms with van der Waals surface area (Å²) in [6.45, 7) is 0. The van der Waals surface area contributed by atoms with Crippen LogP contribution in [0.1, 0.15) is 44.7 Å². The van der Waals surface area contributed by atoms with Crippen LogP contribution in [0.2, 0.25) is 0 Å². The molecular formula is C34H30N4O8. The number of methoxy groups -OCH3 is 2. The minimum atomic E-state index is -0.570. The predicted molar refractivity (Wildman–Crippen MR) is 169 cm³/mol. The van der Waals surface area contributed by atoms with Gasteiger partial charge in [-0.1, -0.05) is 24.3 Å². The molecule has 0 aliphatic carbocycles. The maximum Gasteiger partial charge on any atom is 0.343 e. The molecule has 0 bridgehead atoms. The lowest BCUT2D eigenvalue weighted by Gasteiger charge is -2.08. The Bertz CT molecular complexity index is 1610. The van der Waals surface area contributed by atoms with E-state index in [1.165, 1.54) is 26.6 Å². The Hall–Kier alpha value is -6.30. The molecule has 0 atom stereocenters. The summed E-state index contributed by atoms with van der Waals surface area (Å²) in [5, 5.41) is 7.81. The number of para-hydroxylation sites is 2. The monoisotopic (exact) mass is 622 g/mol. The smallest absolute Gasteiger partial charge is 0.343 e. The van der Waals surface area contributed by atoms with E-state index in [9.17, 15) is 19.2 Å². The summed E-state index contributed by atoms with van der Waals surface area (Å²) in [7, 11) is 3.06. The third kappa shape index (κ3) is 9.61. The third-order valence-corrected chi connectivity index (χ3v) is 6.26. The summed E-state index contributed by atoms with van der Waals surface area (Å²) in [6.07, 6.45) is 2.33. The van der Waals surface area contributed by atoms with E-state index in [4.69, 9.17) is 18.9 Å². The second kappa shape index (κ2) is 16.5. The minimum Gasteiger partial charge on any atom is -0.497 e. The van der Waals surface area contributed by atoms with E-state index in [0.29, 0.717) is 33.8 Å². The molecular weight excluding hydrogens is 592 g/mol. The SMILES string of the molecule is COc1ccc(C(=O)Oc2ccccc2/C=N\NC(=O)CCC(=O)N/N=C\c2ccccc2OC(=O)c2ccc(OC)cc2)cc1. The van der Waals surface area contributed by atoms with Crippen LogP contribution in [0, 0.1) is 0 Å². The Morgan fingerprint density at radius 1 is 0.565 bits per heavy atom. The first-order valence-corrected chi connectivity index (χ1v) is 13.9. The molecule has 2 amide bonds. The van der Waals surface area contributed by atoms with Gasteiger partial charge in [0, 0.05) is 24.0 Å². The molecule has 12 nitrogen and oxygen atoms in total. The van der Waals surface area contributed by atoms with Gasteiger partial charge in [0.25, 0.3) is 0 Å². The largest absolute Gasteiger partial charge is 0.497 e. The number of hydrazone groups is 2. The lowest BCUT2D eigenvalue weighted by Crippen LogP contribution is -2.23. The van der Waals surface area contributed by atoms with Gasteiger partial charge >= 0.3 is 11.9 Å². The van der Waals surface area contributed by atoms with Crippen LogP contribution in [0.15, 0.2) is 107 Å². The van der Waals surface area contributed by atoms with Crippen molar-refractivity contribution in [1.82, 2.24) is 10.9 Å². The number of hydrogen-bond donors (Lipinski definition) is 2. The highest BCUT2D eigenvalue weighted by Crippen LogP contribution is 2.20. The van der Waals surface area contributed by atoms with Gasteiger partial charge in [-0.25, -0.2) is 20.4 Å². The van der Waals surface area contributed by atoms with Crippen molar-refractivity contribution in [2.45, 2.75) is 12.8 Å². The Balaban J connectivity index is 1.23. The minimum absolute atomic E-state index is 0.164. The van der Waals surface area contributed by atoms with Gasteiger partial charge in [-0.3, -0.25) is 9.59 Å². The predicted octanol–water partition coefficient (Wildman–Crippen LogP) is 4.52. The van der Waals surface area contributed by atoms with Crippen LogP contribution < -0.4 is 29.8 Å². The molecule has 0 heterocycles. The average molecular weight is 623 g/mol. The zero-order chi connectivity index (χ0) is 32.7. The fourth-order valence-corrected chi connectivity index (χ4v) is 3.82. The number of nitrogens with zero attached hydrogens (tertiary/aromatic N) is 2. The molecule has 0 spiro atoms. The summed E-state index contributed by atoms with van der Waals surface area (Å²) in [5.74, 6) is -0.461. The Morgan fingerprint density at radius 2 is 0.935 bits per heavy atom. The van der Waals surface area contributed by atoms with Crippen molar-refractivity contribution in [3.63, 3.8) is 0 Å². The van der Waals surface area contributed by atoms with Crippen molar-refractivity contribution >= 4 is 36.2 Å². The van der Waals surface area contributed by atoms with E-state index in [-0.39, 0.29) is 24.3 Å². The maximum atomic E-state index is 12.5. The number of carbonyl (C=O) groups excluding carboxylic acids is 4. The maximum absolute atomic E-state index is 12.5. The standard InChI is InChI=1S/C34H30N4O8/c1-43-27-15-11-23(12-16-27)33(41)45-29-9-5-3-7-25(29)21-35-37-31(39)19-20-32(40)38-36-22-26-8-4-6-10-30(26)46-34(42)24-13-17-28(44-2)18-14-24/h3-18,21-22H,19-20H2,1-2H3,(H,37,39)(H,38,40)/b35-21-,36-22-. The van der Waals surface area contributed by atoms with Gasteiger partial charge in [0.05, 0.1) is 37.8 Å². The molecule has 0 saturated carbocycles. The van der Waals surface area contributed by atoms with E-state index < -0.39 is 23.8 Å². The molecule has 4 aromatic rings. The van der Waals surface area contributed by atoms with Gasteiger partial charge in [-0.2, -0.15) is 10.2 Å². The lowest BCUT2D eigenvalue weighted by molar-refractivity contribution is -0.126. The van der Waals surface area contributed by atoms with E-state index in [0.717, 1.165) is 0 Å². The van der Waals surface area contributed by atoms with Crippen LogP contribution in [0.4, 0.5) is 0 Å². The fourth-order valence-electron chi connectivity index (χ4n) is 3.82. The molecule has 12 heteroatoms. The first kappa shape index (κ1) is 32.6. The van der Waals surface area contributed by atoms with Crippen molar-refractivity contribution in [2.75, 3.05) is 14.2 Å². The summed E-state index contributed by atoms with van der Waals surface area (Å²) < 4.78 is 21.2. The lowest BCUT2D eigenvalue weighted by atomic mass is 10.2. The summed E-state index contributed by atoms with van der Waals surface area (Å²) >= 11 is 0. The van der Waals surface area contributed by atoms with Gasteiger partial charge in [0.2, 0.25) is 11.8 Å². The van der Waals surface area contributed by atoms with Gasteiger partial charge in [0.1, 0.15) is 23.0 Å². The van der Waals surface area contributed by atoms with Crippen molar-refractivity contribution in [2.24, 2.45) is 10.2 Å². The van der Waals surface area contributed by atoms with Crippen molar-refractivity contribution in [3.05, 3.63) is 119 Å². The molecule has 4 rings (SSSR count). The summed E-state index contributed by atoms with van der Waals surface area (Å²) in [4.78, 5) is 49.5. The molecule has 0 aliphatic heterocycles. The number of rotatable bonds is 13. The summed E-state index contributed by atoms with van der Waals surface area (Å²) in [5.41, 5.74) is 6.25. The number of benzene rings is 4. The van der Waals surface area contributed by atoms with Crippen molar-refractivity contribution < 1.29 is 38.1 Å². The van der Waals surface area contributed by atoms with Gasteiger partial charge in [0.15, 0.2) is 0 Å². The molecule has 0 radical (unpaired) electrons. The van der Waals surface area contributed by atoms with Crippen LogP contribution in [0.25, 0.3) is 0 Å². The quantitative estimate of drug-likeness (QED) is 0.0955. The van der Waals surface area contributed by atoms with Crippen molar-refractivity contribution in [3.8, 4) is 23.0 Å². The number of carbonyl (C=O) groups is 4. The first-order valence-electron chi connectivity index (χ1n) is 13.9. The molecule has 0 aromatic heterocycles. The third-order valence-electron chi connectivity index (χ3n) is 6.26. The number of nitrogens with one attached hydrogen (secondary N) is 2. The highest BCUT2D eigenvalue weighted by Gasteiger charge is 2.13. The van der Waals surface area contributed by atoms with Crippen LogP contribution >= 0.6 is 0 Å². The van der Waals surface area contributed by atoms with Crippen LogP contribution in [0.5, 0.6) is 23.0 Å². The Kier molecular flexibility index (Phi) is 11.7. The topological polar surface area (TPSA) is 154 Å². The molecule has 4 aromatic carbocycles. The van der Waals surface area contributed by atoms with E-state index >= 15 is 0 Å². The fraction of sp³-hybridized carbons (Fsp3) is 0.118. The molecule has 0 aliphatic rings. The number of ether oxygens (including phenoxy) is 4. The molecule has 2 N–H and O–H groups in total. The molecule has 46 heavy (non-hydrogen) atoms. The molecule has 234 valence electrons. The molecule has 0 fully saturated rings. The zero-order valence-electron chi connectivity index (χ0n) is 25.0.